The number of thioether (sulfide) groups is 1. The highest BCUT2D eigenvalue weighted by Crippen LogP contribution is 2.09. The van der Waals surface area contributed by atoms with Gasteiger partial charge in [-0.15, -0.1) is 0 Å². The summed E-state index contributed by atoms with van der Waals surface area (Å²) in [5, 5.41) is 6.75. The Morgan fingerprint density at radius 1 is 1.45 bits per heavy atom. The predicted octanol–water partition coefficient (Wildman–Crippen LogP) is -0.307. The van der Waals surface area contributed by atoms with Crippen LogP contribution in [0.5, 0.6) is 0 Å². The monoisotopic (exact) mass is 171 g/mol. The highest BCUT2D eigenvalue weighted by atomic mass is 32.2. The summed E-state index contributed by atoms with van der Waals surface area (Å²) in [5.41, 5.74) is 0. The van der Waals surface area contributed by atoms with Crippen LogP contribution < -0.4 is 10.6 Å². The zero-order chi connectivity index (χ0) is 7.52. The van der Waals surface area contributed by atoms with Gasteiger partial charge in [-0.1, -0.05) is 0 Å². The Hall–Kier alpha value is -0.220. The minimum Gasteiger partial charge on any atom is -0.371 e. The minimum absolute atomic E-state index is 0.497. The second kappa shape index (κ2) is 3.45. The van der Waals surface area contributed by atoms with Gasteiger partial charge < -0.3 is 10.6 Å². The molecule has 0 spiro atoms. The van der Waals surface area contributed by atoms with Crippen LogP contribution in [-0.2, 0) is 0 Å². The predicted molar refractivity (Wildman–Crippen MR) is 49.4 cm³/mol. The van der Waals surface area contributed by atoms with Gasteiger partial charge in [0, 0.05) is 24.6 Å². The molecule has 2 N–H and O–H groups in total. The van der Waals surface area contributed by atoms with Gasteiger partial charge in [-0.2, -0.15) is 11.8 Å². The molecule has 2 rings (SSSR count). The van der Waals surface area contributed by atoms with E-state index in [9.17, 15) is 0 Å². The molecule has 1 saturated heterocycles. The van der Waals surface area contributed by atoms with Crippen LogP contribution in [-0.4, -0.2) is 43.0 Å². The molecule has 0 aliphatic carbocycles. The van der Waals surface area contributed by atoms with Crippen molar-refractivity contribution in [3.63, 3.8) is 0 Å². The van der Waals surface area contributed by atoms with Crippen LogP contribution in [0.4, 0.5) is 0 Å². The van der Waals surface area contributed by atoms with Gasteiger partial charge >= 0.3 is 0 Å². The summed E-state index contributed by atoms with van der Waals surface area (Å²) < 4.78 is 0. The molecule has 0 aromatic rings. The summed E-state index contributed by atoms with van der Waals surface area (Å²) in [6, 6.07) is 0.497. The maximum Gasteiger partial charge on any atom is 0.115 e. The number of nitrogens with one attached hydrogen (secondary N) is 2. The first-order chi connectivity index (χ1) is 5.47. The highest BCUT2D eigenvalue weighted by Gasteiger charge is 2.20. The van der Waals surface area contributed by atoms with E-state index in [0.29, 0.717) is 6.04 Å². The summed E-state index contributed by atoms with van der Waals surface area (Å²) >= 11 is 2.01. The Bertz CT molecular complexity index is 163. The quantitative estimate of drug-likeness (QED) is 0.568. The fraction of sp³-hybridized carbons (Fsp3) is 0.857. The Balaban J connectivity index is 1.92. The SMILES string of the molecule is C1CNC(C2CSCCN2)=N1. The molecule has 2 aliphatic rings. The molecular formula is C7H13N3S. The molecule has 2 heterocycles. The fourth-order valence-corrected chi connectivity index (χ4v) is 2.33. The van der Waals surface area contributed by atoms with Crippen molar-refractivity contribution in [1.82, 2.24) is 10.6 Å². The van der Waals surface area contributed by atoms with Gasteiger partial charge in [0.25, 0.3) is 0 Å². The molecular weight excluding hydrogens is 158 g/mol. The van der Waals surface area contributed by atoms with Gasteiger partial charge in [-0.25, -0.2) is 0 Å². The van der Waals surface area contributed by atoms with E-state index in [2.05, 4.69) is 15.6 Å². The van der Waals surface area contributed by atoms with Crippen molar-refractivity contribution in [1.29, 1.82) is 0 Å². The molecule has 3 nitrogen and oxygen atoms in total. The van der Waals surface area contributed by atoms with E-state index in [4.69, 9.17) is 0 Å². The van der Waals surface area contributed by atoms with Gasteiger partial charge in [-0.05, 0) is 0 Å². The van der Waals surface area contributed by atoms with E-state index >= 15 is 0 Å². The molecule has 4 heteroatoms. The lowest BCUT2D eigenvalue weighted by molar-refractivity contribution is 0.671. The molecule has 11 heavy (non-hydrogen) atoms. The lowest BCUT2D eigenvalue weighted by Crippen LogP contribution is -2.47. The van der Waals surface area contributed by atoms with Crippen LogP contribution in [0.15, 0.2) is 4.99 Å². The molecule has 0 bridgehead atoms. The number of aliphatic imine (C=N–C) groups is 1. The fourth-order valence-electron chi connectivity index (χ4n) is 1.39. The number of nitrogens with zero attached hydrogens (tertiary/aromatic N) is 1. The minimum atomic E-state index is 0.497. The van der Waals surface area contributed by atoms with Gasteiger partial charge in [0.1, 0.15) is 5.84 Å². The first-order valence-corrected chi connectivity index (χ1v) is 5.21. The third kappa shape index (κ3) is 1.68. The van der Waals surface area contributed by atoms with Gasteiger partial charge in [0.15, 0.2) is 0 Å². The third-order valence-corrected chi connectivity index (χ3v) is 3.01. The van der Waals surface area contributed by atoms with Gasteiger partial charge in [0.05, 0.1) is 12.6 Å². The lowest BCUT2D eigenvalue weighted by atomic mass is 10.3. The third-order valence-electron chi connectivity index (χ3n) is 1.95. The second-order valence-corrected chi connectivity index (χ2v) is 3.93. The second-order valence-electron chi connectivity index (χ2n) is 2.78. The standard InChI is InChI=1S/C7H13N3S/c1-2-10-7(9-1)6-5-11-4-3-8-6/h6,8H,1-5H2,(H,9,10). The van der Waals surface area contributed by atoms with E-state index in [-0.39, 0.29) is 0 Å². The van der Waals surface area contributed by atoms with E-state index in [1.54, 1.807) is 0 Å². The maximum absolute atomic E-state index is 4.39. The zero-order valence-corrected chi connectivity index (χ0v) is 7.28. The van der Waals surface area contributed by atoms with Crippen molar-refractivity contribution in [2.24, 2.45) is 4.99 Å². The molecule has 1 fully saturated rings. The largest absolute Gasteiger partial charge is 0.371 e. The van der Waals surface area contributed by atoms with Crippen LogP contribution in [0.3, 0.4) is 0 Å². The van der Waals surface area contributed by atoms with Gasteiger partial charge in [0.2, 0.25) is 0 Å². The van der Waals surface area contributed by atoms with Crippen molar-refractivity contribution in [3.8, 4) is 0 Å². The highest BCUT2D eigenvalue weighted by molar-refractivity contribution is 7.99. The Kier molecular flexibility index (Phi) is 2.33. The summed E-state index contributed by atoms with van der Waals surface area (Å²) in [6.45, 7) is 3.10. The van der Waals surface area contributed by atoms with Crippen molar-refractivity contribution in [2.45, 2.75) is 6.04 Å². The van der Waals surface area contributed by atoms with Crippen LogP contribution in [0, 0.1) is 0 Å². The summed E-state index contributed by atoms with van der Waals surface area (Å²) in [6.07, 6.45) is 0. The smallest absolute Gasteiger partial charge is 0.115 e. The summed E-state index contributed by atoms with van der Waals surface area (Å²) in [4.78, 5) is 4.39. The van der Waals surface area contributed by atoms with E-state index < -0.39 is 0 Å². The van der Waals surface area contributed by atoms with Gasteiger partial charge in [-0.3, -0.25) is 4.99 Å². The Labute approximate surface area is 71.0 Å². The van der Waals surface area contributed by atoms with Crippen molar-refractivity contribution < 1.29 is 0 Å². The Morgan fingerprint density at radius 3 is 3.09 bits per heavy atom. The number of rotatable bonds is 1. The molecule has 2 aliphatic heterocycles. The first-order valence-electron chi connectivity index (χ1n) is 4.06. The topological polar surface area (TPSA) is 36.4 Å². The first kappa shape index (κ1) is 7.43. The molecule has 0 aromatic carbocycles. The van der Waals surface area contributed by atoms with E-state index in [1.165, 1.54) is 17.3 Å². The molecule has 0 saturated carbocycles. The average Bonchev–Trinajstić information content (AvgIpc) is 2.58. The normalized spacial score (nSPS) is 31.3. The van der Waals surface area contributed by atoms with Crippen LogP contribution in [0.2, 0.25) is 0 Å². The van der Waals surface area contributed by atoms with Crippen molar-refractivity contribution in [3.05, 3.63) is 0 Å². The van der Waals surface area contributed by atoms with E-state index in [0.717, 1.165) is 19.6 Å². The molecule has 1 unspecified atom stereocenters. The van der Waals surface area contributed by atoms with Crippen LogP contribution in [0.25, 0.3) is 0 Å². The number of hydrogen-bond acceptors (Lipinski definition) is 4. The lowest BCUT2D eigenvalue weighted by Gasteiger charge is -2.23. The maximum atomic E-state index is 4.39. The summed E-state index contributed by atoms with van der Waals surface area (Å²) in [7, 11) is 0. The van der Waals surface area contributed by atoms with Crippen LogP contribution >= 0.6 is 11.8 Å². The number of hydrogen-bond donors (Lipinski definition) is 2. The molecule has 0 radical (unpaired) electrons. The van der Waals surface area contributed by atoms with E-state index in [1.807, 2.05) is 11.8 Å². The Morgan fingerprint density at radius 2 is 2.45 bits per heavy atom. The molecule has 1 atom stereocenters. The molecule has 62 valence electrons. The number of amidine groups is 1. The van der Waals surface area contributed by atoms with Crippen molar-refractivity contribution >= 4 is 17.6 Å². The summed E-state index contributed by atoms with van der Waals surface area (Å²) in [5.74, 6) is 3.59. The molecule has 0 aromatic heterocycles. The van der Waals surface area contributed by atoms with Crippen LogP contribution in [0.1, 0.15) is 0 Å². The zero-order valence-electron chi connectivity index (χ0n) is 6.47. The molecule has 0 amide bonds. The van der Waals surface area contributed by atoms with Crippen molar-refractivity contribution in [2.75, 3.05) is 31.1 Å². The average molecular weight is 171 g/mol.